The highest BCUT2D eigenvalue weighted by molar-refractivity contribution is 14.1. The van der Waals surface area contributed by atoms with E-state index in [1.54, 1.807) is 0 Å². The minimum absolute atomic E-state index is 0.170. The zero-order chi connectivity index (χ0) is 12.1. The molecule has 0 atom stereocenters. The van der Waals surface area contributed by atoms with E-state index in [1.165, 1.54) is 18.2 Å². The van der Waals surface area contributed by atoms with Gasteiger partial charge in [0.2, 0.25) is 5.91 Å². The topological polar surface area (TPSA) is 86.6 Å². The first-order valence-corrected chi connectivity index (χ1v) is 5.99. The quantitative estimate of drug-likeness (QED) is 0.579. The fraction of sp³-hybridized carbons (Fsp3) is 0.200. The number of hydrogen-bond donors (Lipinski definition) is 3. The Kier molecular flexibility index (Phi) is 4.53. The van der Waals surface area contributed by atoms with Gasteiger partial charge in [-0.1, -0.05) is 22.6 Å². The van der Waals surface area contributed by atoms with E-state index < -0.39 is 5.97 Å². The van der Waals surface area contributed by atoms with Gasteiger partial charge in [-0.25, -0.2) is 4.79 Å². The molecule has 0 saturated carbocycles. The number of carbonyl (C=O) groups excluding carboxylic acids is 1. The van der Waals surface area contributed by atoms with Crippen LogP contribution in [0.4, 0.5) is 5.69 Å². The summed E-state index contributed by atoms with van der Waals surface area (Å²) in [6.45, 7) is 0. The maximum Gasteiger partial charge on any atom is 0.339 e. The average Bonchev–Trinajstić information content (AvgIpc) is 2.17. The third kappa shape index (κ3) is 3.37. The van der Waals surface area contributed by atoms with Gasteiger partial charge in [0.25, 0.3) is 0 Å². The zero-order valence-electron chi connectivity index (χ0n) is 8.24. The second kappa shape index (κ2) is 5.69. The van der Waals surface area contributed by atoms with Crippen molar-refractivity contribution in [3.63, 3.8) is 0 Å². The second-order valence-corrected chi connectivity index (χ2v) is 4.10. The minimum atomic E-state index is -1.21. The molecule has 0 radical (unpaired) electrons. The lowest BCUT2D eigenvalue weighted by molar-refractivity contribution is -0.115. The molecule has 0 saturated heterocycles. The van der Waals surface area contributed by atoms with Gasteiger partial charge in [-0.05, 0) is 12.1 Å². The van der Waals surface area contributed by atoms with Crippen molar-refractivity contribution in [2.75, 3.05) is 9.74 Å². The van der Waals surface area contributed by atoms with E-state index in [-0.39, 0.29) is 17.2 Å². The predicted octanol–water partition coefficient (Wildman–Crippen LogP) is 1.85. The first kappa shape index (κ1) is 12.8. The molecule has 0 heterocycles. The summed E-state index contributed by atoms with van der Waals surface area (Å²) in [4.78, 5) is 21.8. The van der Waals surface area contributed by atoms with Gasteiger partial charge >= 0.3 is 5.97 Å². The van der Waals surface area contributed by atoms with Crippen LogP contribution in [-0.4, -0.2) is 26.5 Å². The molecule has 16 heavy (non-hydrogen) atoms. The van der Waals surface area contributed by atoms with Gasteiger partial charge in [-0.2, -0.15) is 0 Å². The summed E-state index contributed by atoms with van der Waals surface area (Å²) in [5, 5.41) is 20.6. The molecule has 6 heteroatoms. The number of amides is 1. The number of halogens is 1. The summed E-state index contributed by atoms with van der Waals surface area (Å²) in [5.74, 6) is -1.74. The van der Waals surface area contributed by atoms with Crippen LogP contribution in [0.15, 0.2) is 18.2 Å². The van der Waals surface area contributed by atoms with Gasteiger partial charge in [-0.3, -0.25) is 4.79 Å². The summed E-state index contributed by atoms with van der Waals surface area (Å²) in [6, 6.07) is 3.90. The molecule has 0 spiro atoms. The molecule has 0 fully saturated rings. The van der Waals surface area contributed by atoms with Crippen LogP contribution in [0.3, 0.4) is 0 Å². The molecule has 1 aromatic carbocycles. The van der Waals surface area contributed by atoms with Crippen LogP contribution in [0.25, 0.3) is 0 Å². The number of anilines is 1. The van der Waals surface area contributed by atoms with Crippen LogP contribution in [0.5, 0.6) is 5.75 Å². The number of nitrogens with one attached hydrogen (secondary N) is 1. The lowest BCUT2D eigenvalue weighted by Gasteiger charge is -2.05. The van der Waals surface area contributed by atoms with E-state index in [4.69, 9.17) is 5.11 Å². The van der Waals surface area contributed by atoms with Gasteiger partial charge < -0.3 is 15.5 Å². The van der Waals surface area contributed by atoms with Crippen molar-refractivity contribution in [3.05, 3.63) is 23.8 Å². The highest BCUT2D eigenvalue weighted by Gasteiger charge is 2.10. The van der Waals surface area contributed by atoms with Crippen LogP contribution in [-0.2, 0) is 4.79 Å². The number of carboxylic acids is 1. The SMILES string of the molecule is O=C(CCI)Nc1ccc(C(=O)O)c(O)c1. The Morgan fingerprint density at radius 2 is 2.06 bits per heavy atom. The van der Waals surface area contributed by atoms with Crippen molar-refractivity contribution in [1.82, 2.24) is 0 Å². The number of aromatic carboxylic acids is 1. The maximum absolute atomic E-state index is 11.2. The normalized spacial score (nSPS) is 9.81. The Balaban J connectivity index is 2.81. The van der Waals surface area contributed by atoms with Crippen LogP contribution < -0.4 is 5.32 Å². The smallest absolute Gasteiger partial charge is 0.339 e. The largest absolute Gasteiger partial charge is 0.507 e. The average molecular weight is 335 g/mol. The van der Waals surface area contributed by atoms with Crippen LogP contribution >= 0.6 is 22.6 Å². The van der Waals surface area contributed by atoms with Gasteiger partial charge in [0, 0.05) is 22.6 Å². The molecular formula is C10H10INO4. The predicted molar refractivity (Wildman–Crippen MR) is 67.2 cm³/mol. The number of carboxylic acid groups (broad SMARTS) is 1. The molecule has 1 aromatic rings. The molecule has 0 aliphatic carbocycles. The molecule has 0 aromatic heterocycles. The van der Waals surface area contributed by atoms with Gasteiger partial charge in [-0.15, -0.1) is 0 Å². The molecule has 3 N–H and O–H groups in total. The fourth-order valence-electron chi connectivity index (χ4n) is 1.10. The highest BCUT2D eigenvalue weighted by atomic mass is 127. The molecule has 0 aliphatic rings. The van der Waals surface area contributed by atoms with Crippen molar-refractivity contribution in [3.8, 4) is 5.75 Å². The van der Waals surface area contributed by atoms with Gasteiger partial charge in [0.1, 0.15) is 11.3 Å². The molecule has 0 bridgehead atoms. The van der Waals surface area contributed by atoms with Crippen molar-refractivity contribution < 1.29 is 19.8 Å². The molecule has 0 unspecified atom stereocenters. The van der Waals surface area contributed by atoms with E-state index >= 15 is 0 Å². The zero-order valence-corrected chi connectivity index (χ0v) is 10.4. The summed E-state index contributed by atoms with van der Waals surface area (Å²) in [6.07, 6.45) is 0.377. The van der Waals surface area contributed by atoms with E-state index in [0.717, 1.165) is 0 Å². The van der Waals surface area contributed by atoms with E-state index in [1.807, 2.05) is 0 Å². The lowest BCUT2D eigenvalue weighted by atomic mass is 10.2. The second-order valence-electron chi connectivity index (χ2n) is 3.02. The first-order valence-electron chi connectivity index (χ1n) is 4.46. The molecule has 1 rings (SSSR count). The number of alkyl halides is 1. The van der Waals surface area contributed by atoms with Crippen molar-refractivity contribution >= 4 is 40.2 Å². The summed E-state index contributed by atoms with van der Waals surface area (Å²) < 4.78 is 0.697. The highest BCUT2D eigenvalue weighted by Crippen LogP contribution is 2.21. The van der Waals surface area contributed by atoms with E-state index in [2.05, 4.69) is 27.9 Å². The third-order valence-electron chi connectivity index (χ3n) is 1.83. The molecular weight excluding hydrogens is 325 g/mol. The van der Waals surface area contributed by atoms with E-state index in [0.29, 0.717) is 16.5 Å². The van der Waals surface area contributed by atoms with Crippen LogP contribution in [0.2, 0.25) is 0 Å². The number of hydrogen-bond acceptors (Lipinski definition) is 3. The van der Waals surface area contributed by atoms with Gasteiger partial charge in [0.15, 0.2) is 0 Å². The molecule has 5 nitrogen and oxygen atoms in total. The number of rotatable bonds is 4. The third-order valence-corrected chi connectivity index (χ3v) is 2.37. The number of phenols is 1. The standard InChI is InChI=1S/C10H10INO4/c11-4-3-9(14)12-6-1-2-7(10(15)16)8(13)5-6/h1-2,5,13H,3-4H2,(H,12,14)(H,15,16). The minimum Gasteiger partial charge on any atom is -0.507 e. The van der Waals surface area contributed by atoms with Crippen molar-refractivity contribution in [2.45, 2.75) is 6.42 Å². The lowest BCUT2D eigenvalue weighted by Crippen LogP contribution is -2.11. The maximum atomic E-state index is 11.2. The summed E-state index contributed by atoms with van der Waals surface area (Å²) >= 11 is 2.08. The number of aromatic hydroxyl groups is 1. The molecule has 0 aliphatic heterocycles. The Bertz CT molecular complexity index is 419. The Morgan fingerprint density at radius 1 is 1.38 bits per heavy atom. The van der Waals surface area contributed by atoms with Crippen molar-refractivity contribution in [1.29, 1.82) is 0 Å². The number of carbonyl (C=O) groups is 2. The Labute approximate surface area is 106 Å². The fourth-order valence-corrected chi connectivity index (χ4v) is 1.59. The Hall–Kier alpha value is -1.31. The van der Waals surface area contributed by atoms with Crippen LogP contribution in [0, 0.1) is 0 Å². The van der Waals surface area contributed by atoms with Crippen molar-refractivity contribution in [2.24, 2.45) is 0 Å². The monoisotopic (exact) mass is 335 g/mol. The Morgan fingerprint density at radius 3 is 2.56 bits per heavy atom. The summed E-state index contributed by atoms with van der Waals surface area (Å²) in [7, 11) is 0. The molecule has 86 valence electrons. The molecule has 1 amide bonds. The first-order chi connectivity index (χ1) is 7.54. The summed E-state index contributed by atoms with van der Waals surface area (Å²) in [5.41, 5.74) is 0.198. The number of benzene rings is 1. The van der Waals surface area contributed by atoms with Gasteiger partial charge in [0.05, 0.1) is 0 Å². The van der Waals surface area contributed by atoms with Crippen LogP contribution in [0.1, 0.15) is 16.8 Å². The van der Waals surface area contributed by atoms with E-state index in [9.17, 15) is 14.7 Å².